The molecule has 1 N–H and O–H groups in total. The Labute approximate surface area is 173 Å². The van der Waals surface area contributed by atoms with Crippen LogP contribution in [0.5, 0.6) is 5.75 Å². The normalized spacial score (nSPS) is 16.0. The lowest BCUT2D eigenvalue weighted by molar-refractivity contribution is -0.123. The Morgan fingerprint density at radius 3 is 2.50 bits per heavy atom. The van der Waals surface area contributed by atoms with Gasteiger partial charge in [0.1, 0.15) is 0 Å². The second-order valence-electron chi connectivity index (χ2n) is 5.31. The number of phenols is 1. The lowest BCUT2D eigenvalue weighted by Gasteiger charge is -2.12. The summed E-state index contributed by atoms with van der Waals surface area (Å²) in [7, 11) is 0. The van der Waals surface area contributed by atoms with Crippen molar-refractivity contribution in [3.05, 3.63) is 66.5 Å². The van der Waals surface area contributed by atoms with E-state index in [4.69, 9.17) is 46.4 Å². The Bertz CT molecular complexity index is 961. The van der Waals surface area contributed by atoms with Gasteiger partial charge in [0, 0.05) is 10.6 Å². The Morgan fingerprint density at radius 2 is 1.81 bits per heavy atom. The van der Waals surface area contributed by atoms with Gasteiger partial charge >= 0.3 is 0 Å². The van der Waals surface area contributed by atoms with E-state index < -0.39 is 11.1 Å². The van der Waals surface area contributed by atoms with Gasteiger partial charge < -0.3 is 5.11 Å². The van der Waals surface area contributed by atoms with Crippen molar-refractivity contribution in [2.24, 2.45) is 0 Å². The maximum absolute atomic E-state index is 12.6. The number of imide groups is 1. The van der Waals surface area contributed by atoms with Crippen molar-refractivity contribution in [3.63, 3.8) is 0 Å². The molecule has 0 bridgehead atoms. The van der Waals surface area contributed by atoms with E-state index in [-0.39, 0.29) is 37.8 Å². The van der Waals surface area contributed by atoms with Crippen LogP contribution in [0.15, 0.2) is 35.2 Å². The molecule has 134 valence electrons. The third kappa shape index (κ3) is 3.82. The van der Waals surface area contributed by atoms with Crippen LogP contribution in [0.4, 0.5) is 4.79 Å². The number of phenolic OH excluding ortho intramolecular Hbond substituents is 1. The molecular formula is C17H9Cl4NO3S. The first-order valence-electron chi connectivity index (χ1n) is 7.14. The van der Waals surface area contributed by atoms with Crippen LogP contribution in [0.25, 0.3) is 6.08 Å². The van der Waals surface area contributed by atoms with E-state index in [9.17, 15) is 14.7 Å². The second-order valence-corrected chi connectivity index (χ2v) is 7.94. The Morgan fingerprint density at radius 1 is 1.08 bits per heavy atom. The molecule has 2 aromatic rings. The van der Waals surface area contributed by atoms with Crippen molar-refractivity contribution in [2.45, 2.75) is 6.54 Å². The standard InChI is InChI=1S/C17H9Cl4NO3S/c18-9-3-1-2-8(4-9)7-22-16(24)13(26-17(22)25)5-10-11(19)6-12(20)15(23)14(10)21/h1-6,23H,7H2/b13-5-. The summed E-state index contributed by atoms with van der Waals surface area (Å²) in [4.78, 5) is 26.1. The molecule has 1 aliphatic rings. The molecule has 0 aliphatic carbocycles. The van der Waals surface area contributed by atoms with Crippen molar-refractivity contribution in [2.75, 3.05) is 0 Å². The van der Waals surface area contributed by atoms with E-state index in [1.165, 1.54) is 12.1 Å². The first kappa shape index (κ1) is 19.4. The predicted octanol–water partition coefficient (Wildman–Crippen LogP) is 6.24. The van der Waals surface area contributed by atoms with Crippen LogP contribution >= 0.6 is 58.2 Å². The van der Waals surface area contributed by atoms with Gasteiger partial charge in [-0.15, -0.1) is 0 Å². The SMILES string of the molecule is O=C1S/C(=C\c2c(Cl)cc(Cl)c(O)c2Cl)C(=O)N1Cc1cccc(Cl)c1. The van der Waals surface area contributed by atoms with E-state index in [1.54, 1.807) is 24.3 Å². The molecule has 9 heteroatoms. The van der Waals surface area contributed by atoms with Gasteiger partial charge in [0.15, 0.2) is 5.75 Å². The zero-order valence-corrected chi connectivity index (χ0v) is 16.6. The molecule has 0 radical (unpaired) electrons. The van der Waals surface area contributed by atoms with Crippen molar-refractivity contribution in [1.82, 2.24) is 4.90 Å². The van der Waals surface area contributed by atoms with Crippen LogP contribution in [-0.4, -0.2) is 21.2 Å². The lowest BCUT2D eigenvalue weighted by Crippen LogP contribution is -2.27. The van der Waals surface area contributed by atoms with Gasteiger partial charge in [0.05, 0.1) is 26.5 Å². The minimum atomic E-state index is -0.485. The number of carbonyl (C=O) groups excluding carboxylic acids is 2. The summed E-state index contributed by atoms with van der Waals surface area (Å²) in [6, 6.07) is 8.20. The van der Waals surface area contributed by atoms with Crippen molar-refractivity contribution < 1.29 is 14.7 Å². The average molecular weight is 449 g/mol. The smallest absolute Gasteiger partial charge is 0.293 e. The largest absolute Gasteiger partial charge is 0.505 e. The third-order valence-electron chi connectivity index (χ3n) is 3.56. The average Bonchev–Trinajstić information content (AvgIpc) is 2.84. The fourth-order valence-corrected chi connectivity index (χ4v) is 4.22. The van der Waals surface area contributed by atoms with Crippen molar-refractivity contribution in [1.29, 1.82) is 0 Å². The molecule has 1 fully saturated rings. The fourth-order valence-electron chi connectivity index (χ4n) is 2.31. The van der Waals surface area contributed by atoms with Gasteiger partial charge in [-0.3, -0.25) is 14.5 Å². The van der Waals surface area contributed by atoms with E-state index >= 15 is 0 Å². The summed E-state index contributed by atoms with van der Waals surface area (Å²) in [5, 5.41) is 9.98. The summed E-state index contributed by atoms with van der Waals surface area (Å²) in [5.41, 5.74) is 0.935. The highest BCUT2D eigenvalue weighted by Crippen LogP contribution is 2.42. The molecule has 4 nitrogen and oxygen atoms in total. The zero-order chi connectivity index (χ0) is 19.0. The number of thioether (sulfide) groups is 1. The summed E-state index contributed by atoms with van der Waals surface area (Å²) in [5.74, 6) is -0.830. The Hall–Kier alpha value is -1.37. The summed E-state index contributed by atoms with van der Waals surface area (Å²) < 4.78 is 0. The van der Waals surface area contributed by atoms with Gasteiger partial charge in [-0.1, -0.05) is 58.5 Å². The molecule has 2 aromatic carbocycles. The third-order valence-corrected chi connectivity index (χ3v) is 5.69. The van der Waals surface area contributed by atoms with Gasteiger partial charge in [-0.05, 0) is 41.6 Å². The van der Waals surface area contributed by atoms with E-state index in [0.717, 1.165) is 22.2 Å². The van der Waals surface area contributed by atoms with E-state index in [1.807, 2.05) is 0 Å². The first-order chi connectivity index (χ1) is 12.3. The molecule has 1 heterocycles. The number of hydrogen-bond acceptors (Lipinski definition) is 4. The number of rotatable bonds is 3. The maximum Gasteiger partial charge on any atom is 0.293 e. The van der Waals surface area contributed by atoms with Crippen LogP contribution < -0.4 is 0 Å². The number of benzene rings is 2. The minimum absolute atomic E-state index is 0.00814. The van der Waals surface area contributed by atoms with E-state index in [0.29, 0.717) is 5.02 Å². The Kier molecular flexibility index (Phi) is 5.75. The number of carbonyl (C=O) groups is 2. The van der Waals surface area contributed by atoms with E-state index in [2.05, 4.69) is 0 Å². The monoisotopic (exact) mass is 447 g/mol. The quantitative estimate of drug-likeness (QED) is 0.564. The summed E-state index contributed by atoms with van der Waals surface area (Å²) in [6.07, 6.45) is 1.36. The number of nitrogens with zero attached hydrogens (tertiary/aromatic N) is 1. The van der Waals surface area contributed by atoms with Crippen LogP contribution in [0.3, 0.4) is 0 Å². The summed E-state index contributed by atoms with van der Waals surface area (Å²) >= 11 is 24.6. The van der Waals surface area contributed by atoms with Gasteiger partial charge in [0.25, 0.3) is 11.1 Å². The molecule has 2 amide bonds. The Balaban J connectivity index is 1.92. The van der Waals surface area contributed by atoms with Crippen LogP contribution in [0.1, 0.15) is 11.1 Å². The fraction of sp³-hybridized carbons (Fsp3) is 0.0588. The molecule has 1 saturated heterocycles. The lowest BCUT2D eigenvalue weighted by atomic mass is 10.1. The number of halogens is 4. The molecule has 0 saturated carbocycles. The van der Waals surface area contributed by atoms with Crippen molar-refractivity contribution >= 4 is 75.4 Å². The van der Waals surface area contributed by atoms with Crippen molar-refractivity contribution in [3.8, 4) is 5.75 Å². The highest BCUT2D eigenvalue weighted by Gasteiger charge is 2.35. The van der Waals surface area contributed by atoms with Crippen LogP contribution in [0, 0.1) is 0 Å². The number of amides is 2. The highest BCUT2D eigenvalue weighted by atomic mass is 35.5. The summed E-state index contributed by atoms with van der Waals surface area (Å²) in [6.45, 7) is 0.0932. The molecule has 0 spiro atoms. The molecule has 1 aliphatic heterocycles. The molecule has 26 heavy (non-hydrogen) atoms. The molecule has 0 unspecified atom stereocenters. The maximum atomic E-state index is 12.6. The second kappa shape index (κ2) is 7.71. The number of aromatic hydroxyl groups is 1. The first-order valence-corrected chi connectivity index (χ1v) is 9.47. The van der Waals surface area contributed by atoms with Gasteiger partial charge in [0.2, 0.25) is 0 Å². The molecular weight excluding hydrogens is 440 g/mol. The van der Waals surface area contributed by atoms with Crippen LogP contribution in [-0.2, 0) is 11.3 Å². The topological polar surface area (TPSA) is 57.6 Å². The molecule has 0 aromatic heterocycles. The highest BCUT2D eigenvalue weighted by molar-refractivity contribution is 8.18. The zero-order valence-electron chi connectivity index (χ0n) is 12.8. The predicted molar refractivity (Wildman–Crippen MR) is 106 cm³/mol. The van der Waals surface area contributed by atoms with Gasteiger partial charge in [-0.25, -0.2) is 0 Å². The molecule has 3 rings (SSSR count). The minimum Gasteiger partial charge on any atom is -0.505 e. The van der Waals surface area contributed by atoms with Crippen LogP contribution in [0.2, 0.25) is 20.1 Å². The van der Waals surface area contributed by atoms with Gasteiger partial charge in [-0.2, -0.15) is 0 Å². The number of hydrogen-bond donors (Lipinski definition) is 1. The molecule has 0 atom stereocenters.